The third kappa shape index (κ3) is 2.13. The van der Waals surface area contributed by atoms with Crippen LogP contribution in [0.4, 0.5) is 4.39 Å². The number of rotatable bonds is 3. The molecule has 68 valence electrons. The van der Waals surface area contributed by atoms with Crippen LogP contribution < -0.4 is 4.74 Å². The highest BCUT2D eigenvalue weighted by molar-refractivity contribution is 5.35. The number of methoxy groups -OCH3 is 1. The van der Waals surface area contributed by atoms with Gasteiger partial charge in [0.05, 0.1) is 13.7 Å². The lowest BCUT2D eigenvalue weighted by Gasteiger charge is -2.03. The van der Waals surface area contributed by atoms with Crippen LogP contribution in [0.1, 0.15) is 5.56 Å². The topological polar surface area (TPSA) is 38.7 Å². The third-order valence-corrected chi connectivity index (χ3v) is 1.58. The van der Waals surface area contributed by atoms with Crippen molar-refractivity contribution in [2.45, 2.75) is 6.54 Å². The van der Waals surface area contributed by atoms with Gasteiger partial charge in [0.1, 0.15) is 0 Å². The van der Waals surface area contributed by atoms with Crippen molar-refractivity contribution in [3.8, 4) is 5.75 Å². The molecule has 0 atom stereocenters. The van der Waals surface area contributed by atoms with Gasteiger partial charge in [-0.25, -0.2) is 14.2 Å². The van der Waals surface area contributed by atoms with Crippen LogP contribution in [0.25, 0.3) is 0 Å². The Labute approximate surface area is 74.9 Å². The first-order valence-corrected chi connectivity index (χ1v) is 3.64. The van der Waals surface area contributed by atoms with Crippen molar-refractivity contribution < 1.29 is 13.9 Å². The van der Waals surface area contributed by atoms with E-state index in [1.807, 2.05) is 0 Å². The molecule has 0 fully saturated rings. The molecule has 0 saturated carbocycles. The normalized spacial score (nSPS) is 9.08. The molecule has 0 heterocycles. The molecule has 0 aromatic heterocycles. The van der Waals surface area contributed by atoms with Crippen molar-refractivity contribution in [2.75, 3.05) is 7.11 Å². The summed E-state index contributed by atoms with van der Waals surface area (Å²) < 4.78 is 18.0. The van der Waals surface area contributed by atoms with Gasteiger partial charge in [-0.05, 0) is 6.07 Å². The summed E-state index contributed by atoms with van der Waals surface area (Å²) in [6.07, 6.45) is 1.35. The summed E-state index contributed by atoms with van der Waals surface area (Å²) in [4.78, 5) is 13.1. The number of hydrogen-bond acceptors (Lipinski definition) is 3. The van der Waals surface area contributed by atoms with Crippen LogP contribution in [-0.2, 0) is 11.3 Å². The zero-order valence-corrected chi connectivity index (χ0v) is 7.08. The number of benzene rings is 1. The maximum absolute atomic E-state index is 13.3. The van der Waals surface area contributed by atoms with Crippen LogP contribution in [-0.4, -0.2) is 13.2 Å². The van der Waals surface area contributed by atoms with E-state index in [2.05, 4.69) is 4.99 Å². The Hall–Kier alpha value is -1.67. The van der Waals surface area contributed by atoms with Gasteiger partial charge in [0.2, 0.25) is 6.08 Å². The highest BCUT2D eigenvalue weighted by Gasteiger charge is 2.06. The number of halogens is 1. The number of isocyanates is 1. The summed E-state index contributed by atoms with van der Waals surface area (Å²) in [7, 11) is 1.38. The van der Waals surface area contributed by atoms with Gasteiger partial charge in [-0.3, -0.25) is 0 Å². The molecule has 0 aliphatic rings. The van der Waals surface area contributed by atoms with Crippen molar-refractivity contribution in [3.05, 3.63) is 29.6 Å². The molecule has 0 unspecified atom stereocenters. The molecule has 0 aliphatic carbocycles. The fraction of sp³-hybridized carbons (Fsp3) is 0.222. The van der Waals surface area contributed by atoms with E-state index in [1.165, 1.54) is 19.3 Å². The fourth-order valence-corrected chi connectivity index (χ4v) is 0.953. The molecule has 1 aromatic carbocycles. The molecule has 0 radical (unpaired) electrons. The number of nitrogens with zero attached hydrogens (tertiary/aromatic N) is 1. The van der Waals surface area contributed by atoms with Crippen LogP contribution in [0, 0.1) is 5.82 Å². The molecular weight excluding hydrogens is 173 g/mol. The predicted octanol–water partition coefficient (Wildman–Crippen LogP) is 1.67. The number of aliphatic imine (C=N–C) groups is 1. The maximum Gasteiger partial charge on any atom is 0.235 e. The molecule has 1 rings (SSSR count). The summed E-state index contributed by atoms with van der Waals surface area (Å²) in [6, 6.07) is 4.68. The van der Waals surface area contributed by atoms with Crippen LogP contribution in [0.2, 0.25) is 0 Å². The molecule has 3 nitrogen and oxygen atoms in total. The van der Waals surface area contributed by atoms with E-state index in [9.17, 15) is 9.18 Å². The Morgan fingerprint density at radius 2 is 2.38 bits per heavy atom. The lowest BCUT2D eigenvalue weighted by Crippen LogP contribution is -1.93. The average Bonchev–Trinajstić information content (AvgIpc) is 2.16. The molecule has 0 saturated heterocycles. The van der Waals surface area contributed by atoms with Crippen molar-refractivity contribution in [1.29, 1.82) is 0 Å². The van der Waals surface area contributed by atoms with E-state index in [4.69, 9.17) is 4.74 Å². The van der Waals surface area contributed by atoms with Crippen LogP contribution in [0.15, 0.2) is 23.2 Å². The highest BCUT2D eigenvalue weighted by Crippen LogP contribution is 2.20. The van der Waals surface area contributed by atoms with Crippen molar-refractivity contribution in [3.63, 3.8) is 0 Å². The Kier molecular flexibility index (Phi) is 3.17. The smallest absolute Gasteiger partial charge is 0.235 e. The van der Waals surface area contributed by atoms with E-state index in [1.54, 1.807) is 12.1 Å². The van der Waals surface area contributed by atoms with E-state index in [-0.39, 0.29) is 12.3 Å². The summed E-state index contributed by atoms with van der Waals surface area (Å²) in [6.45, 7) is -0.00741. The lowest BCUT2D eigenvalue weighted by molar-refractivity contribution is 0.384. The zero-order valence-electron chi connectivity index (χ0n) is 7.08. The molecule has 1 aromatic rings. The van der Waals surface area contributed by atoms with Crippen LogP contribution in [0.5, 0.6) is 5.75 Å². The highest BCUT2D eigenvalue weighted by atomic mass is 19.1. The van der Waals surface area contributed by atoms with Gasteiger partial charge in [0.15, 0.2) is 11.6 Å². The molecule has 0 N–H and O–H groups in total. The van der Waals surface area contributed by atoms with Crippen molar-refractivity contribution in [1.82, 2.24) is 0 Å². The van der Waals surface area contributed by atoms with E-state index >= 15 is 0 Å². The minimum absolute atomic E-state index is 0.00741. The van der Waals surface area contributed by atoms with E-state index in [0.29, 0.717) is 5.56 Å². The Morgan fingerprint density at radius 3 is 3.00 bits per heavy atom. The largest absolute Gasteiger partial charge is 0.494 e. The minimum atomic E-state index is -0.482. The fourth-order valence-electron chi connectivity index (χ4n) is 0.953. The van der Waals surface area contributed by atoms with Crippen molar-refractivity contribution in [2.24, 2.45) is 4.99 Å². The second-order valence-electron chi connectivity index (χ2n) is 2.34. The first-order valence-electron chi connectivity index (χ1n) is 3.64. The Bertz CT molecular complexity index is 345. The zero-order chi connectivity index (χ0) is 9.68. The summed E-state index contributed by atoms with van der Waals surface area (Å²) >= 11 is 0. The number of hydrogen-bond donors (Lipinski definition) is 0. The molecule has 0 spiro atoms. The molecule has 0 amide bonds. The van der Waals surface area contributed by atoms with Crippen molar-refractivity contribution >= 4 is 6.08 Å². The van der Waals surface area contributed by atoms with Crippen LogP contribution in [0.3, 0.4) is 0 Å². The second kappa shape index (κ2) is 4.38. The van der Waals surface area contributed by atoms with Crippen LogP contribution >= 0.6 is 0 Å². The van der Waals surface area contributed by atoms with E-state index < -0.39 is 5.82 Å². The minimum Gasteiger partial charge on any atom is -0.494 e. The second-order valence-corrected chi connectivity index (χ2v) is 2.34. The summed E-state index contributed by atoms with van der Waals surface area (Å²) in [5, 5.41) is 0. The first-order chi connectivity index (χ1) is 6.29. The molecule has 4 heteroatoms. The average molecular weight is 181 g/mol. The molecule has 0 bridgehead atoms. The van der Waals surface area contributed by atoms with Gasteiger partial charge in [-0.1, -0.05) is 12.1 Å². The van der Waals surface area contributed by atoms with Gasteiger partial charge in [0, 0.05) is 5.56 Å². The predicted molar refractivity (Wildman–Crippen MR) is 44.8 cm³/mol. The number of carbonyl (C=O) groups excluding carboxylic acids is 1. The Balaban J connectivity index is 3.00. The SMILES string of the molecule is COc1cccc(CN=C=O)c1F. The Morgan fingerprint density at radius 1 is 1.62 bits per heavy atom. The first kappa shape index (κ1) is 9.42. The molecule has 0 aliphatic heterocycles. The standard InChI is InChI=1S/C9H8FNO2/c1-13-8-4-2-3-7(9(8)10)5-11-6-12/h2-4H,5H2,1H3. The maximum atomic E-state index is 13.3. The molecular formula is C9H8FNO2. The summed E-state index contributed by atoms with van der Waals surface area (Å²) in [5.41, 5.74) is 0.322. The number of ether oxygens (including phenoxy) is 1. The quantitative estimate of drug-likeness (QED) is 0.525. The lowest BCUT2D eigenvalue weighted by atomic mass is 10.2. The van der Waals surface area contributed by atoms with E-state index in [0.717, 1.165) is 0 Å². The van der Waals surface area contributed by atoms with Gasteiger partial charge < -0.3 is 4.74 Å². The third-order valence-electron chi connectivity index (χ3n) is 1.58. The monoisotopic (exact) mass is 181 g/mol. The van der Waals surface area contributed by atoms with Gasteiger partial charge in [0.25, 0.3) is 0 Å². The summed E-state index contributed by atoms with van der Waals surface area (Å²) in [5.74, 6) is -0.331. The van der Waals surface area contributed by atoms with Gasteiger partial charge in [-0.2, -0.15) is 0 Å². The van der Waals surface area contributed by atoms with Gasteiger partial charge in [-0.15, -0.1) is 0 Å². The molecule has 13 heavy (non-hydrogen) atoms. The van der Waals surface area contributed by atoms with Gasteiger partial charge >= 0.3 is 0 Å².